The Bertz CT molecular complexity index is 1150. The number of hydrogen-bond donors (Lipinski definition) is 3. The molecule has 3 aromatic carbocycles. The molecule has 0 bridgehead atoms. The fourth-order valence-corrected chi connectivity index (χ4v) is 3.17. The van der Waals surface area contributed by atoms with Crippen LogP contribution >= 0.6 is 0 Å². The Kier molecular flexibility index (Phi) is 8.02. The molecular weight excluding hydrogens is 444 g/mol. The Morgan fingerprint density at radius 3 is 2.24 bits per heavy atom. The van der Waals surface area contributed by atoms with E-state index in [2.05, 4.69) is 20.7 Å². The van der Waals surface area contributed by atoms with E-state index in [0.29, 0.717) is 33.8 Å². The number of carbonyl (C=O) groups is 2. The number of methoxy groups -OCH3 is 1. The highest BCUT2D eigenvalue weighted by molar-refractivity contribution is 6.05. The van der Waals surface area contributed by atoms with E-state index >= 15 is 0 Å². The summed E-state index contributed by atoms with van der Waals surface area (Å²) in [6, 6.07) is 17.2. The number of hydrogen-bond acceptors (Lipinski definition) is 4. The summed E-state index contributed by atoms with van der Waals surface area (Å²) in [6.45, 7) is 0.670. The monoisotopic (exact) mass is 469 g/mol. The summed E-state index contributed by atoms with van der Waals surface area (Å²) in [7, 11) is 1.53. The maximum Gasteiger partial charge on any atom is 0.387 e. The number of benzene rings is 3. The zero-order chi connectivity index (χ0) is 24.7. The molecule has 34 heavy (non-hydrogen) atoms. The van der Waals surface area contributed by atoms with Crippen molar-refractivity contribution >= 4 is 23.3 Å². The van der Waals surface area contributed by atoms with E-state index in [1.54, 1.807) is 48.5 Å². The first-order chi connectivity index (χ1) is 16.2. The van der Waals surface area contributed by atoms with Crippen molar-refractivity contribution in [2.75, 3.05) is 17.7 Å². The number of halogens is 2. The second-order valence-electron chi connectivity index (χ2n) is 7.61. The molecule has 0 spiro atoms. The van der Waals surface area contributed by atoms with Crippen molar-refractivity contribution in [1.29, 1.82) is 0 Å². The van der Waals surface area contributed by atoms with Gasteiger partial charge in [-0.3, -0.25) is 4.79 Å². The molecule has 7 nitrogen and oxygen atoms in total. The van der Waals surface area contributed by atoms with Crippen LogP contribution in [0.1, 0.15) is 24.2 Å². The van der Waals surface area contributed by atoms with Gasteiger partial charge in [-0.05, 0) is 67.9 Å². The highest BCUT2D eigenvalue weighted by Crippen LogP contribution is 2.34. The normalized spacial score (nSPS) is 10.7. The highest BCUT2D eigenvalue weighted by atomic mass is 19.3. The largest absolute Gasteiger partial charge is 0.497 e. The average molecular weight is 469 g/mol. The maximum absolute atomic E-state index is 12.9. The molecule has 3 rings (SSSR count). The first-order valence-electron chi connectivity index (χ1n) is 10.5. The summed E-state index contributed by atoms with van der Waals surface area (Å²) < 4.78 is 35.6. The van der Waals surface area contributed by atoms with Gasteiger partial charge in [0.2, 0.25) is 0 Å². The second kappa shape index (κ2) is 11.1. The lowest BCUT2D eigenvalue weighted by molar-refractivity contribution is -0.0494. The quantitative estimate of drug-likeness (QED) is 0.392. The molecule has 0 saturated carbocycles. The average Bonchev–Trinajstić information content (AvgIpc) is 2.79. The number of urea groups is 1. The molecule has 3 amide bonds. The molecule has 0 aromatic heterocycles. The van der Waals surface area contributed by atoms with E-state index in [9.17, 15) is 18.4 Å². The molecule has 178 valence electrons. The minimum atomic E-state index is -3.00. The smallest absolute Gasteiger partial charge is 0.387 e. The third kappa shape index (κ3) is 6.68. The standard InChI is InChI=1S/C25H25F2N3O4/c1-15(2)28-25(32)30-18-6-4-5-17(13-18)23(31)29-19-9-12-22(34-24(26)27)21(14-19)16-7-10-20(33-3)11-8-16/h4-15,24H,1-3H3,(H,29,31)(H2,28,30,32). The number of anilines is 2. The molecule has 0 unspecified atom stereocenters. The zero-order valence-electron chi connectivity index (χ0n) is 18.9. The fraction of sp³-hybridized carbons (Fsp3) is 0.200. The van der Waals surface area contributed by atoms with Crippen LogP contribution in [-0.4, -0.2) is 31.7 Å². The van der Waals surface area contributed by atoms with Crippen molar-refractivity contribution in [3.05, 3.63) is 72.3 Å². The first kappa shape index (κ1) is 24.5. The SMILES string of the molecule is COc1ccc(-c2cc(NC(=O)c3cccc(NC(=O)NC(C)C)c3)ccc2OC(F)F)cc1. The molecule has 0 saturated heterocycles. The number of carbonyl (C=O) groups excluding carboxylic acids is 2. The highest BCUT2D eigenvalue weighted by Gasteiger charge is 2.15. The van der Waals surface area contributed by atoms with Crippen molar-refractivity contribution in [3.8, 4) is 22.6 Å². The van der Waals surface area contributed by atoms with Crippen LogP contribution in [0.3, 0.4) is 0 Å². The number of rotatable bonds is 8. The van der Waals surface area contributed by atoms with Gasteiger partial charge in [-0.25, -0.2) is 4.79 Å². The predicted octanol–water partition coefficient (Wildman–Crippen LogP) is 5.75. The van der Waals surface area contributed by atoms with E-state index < -0.39 is 12.5 Å². The van der Waals surface area contributed by atoms with Crippen molar-refractivity contribution in [2.24, 2.45) is 0 Å². The van der Waals surface area contributed by atoms with Crippen LogP contribution in [0.4, 0.5) is 25.0 Å². The fourth-order valence-electron chi connectivity index (χ4n) is 3.17. The number of amides is 3. The summed E-state index contributed by atoms with van der Waals surface area (Å²) in [6.07, 6.45) is 0. The molecule has 0 radical (unpaired) electrons. The Labute approximate surface area is 196 Å². The van der Waals surface area contributed by atoms with Gasteiger partial charge in [0.25, 0.3) is 5.91 Å². The molecular formula is C25H25F2N3O4. The van der Waals surface area contributed by atoms with Crippen LogP contribution in [0.25, 0.3) is 11.1 Å². The van der Waals surface area contributed by atoms with Crippen molar-refractivity contribution in [2.45, 2.75) is 26.5 Å². The van der Waals surface area contributed by atoms with E-state index in [1.807, 2.05) is 13.8 Å². The Balaban J connectivity index is 1.83. The lowest BCUT2D eigenvalue weighted by atomic mass is 10.0. The van der Waals surface area contributed by atoms with E-state index in [1.165, 1.54) is 25.3 Å². The van der Waals surface area contributed by atoms with Gasteiger partial charge in [0.05, 0.1) is 7.11 Å². The van der Waals surface area contributed by atoms with Gasteiger partial charge in [-0.1, -0.05) is 18.2 Å². The summed E-state index contributed by atoms with van der Waals surface area (Å²) in [5.74, 6) is 0.150. The van der Waals surface area contributed by atoms with Gasteiger partial charge >= 0.3 is 12.6 Å². The maximum atomic E-state index is 12.9. The van der Waals surface area contributed by atoms with Crippen LogP contribution in [-0.2, 0) is 0 Å². The lowest BCUT2D eigenvalue weighted by Crippen LogP contribution is -2.34. The van der Waals surface area contributed by atoms with Gasteiger partial charge in [0.15, 0.2) is 0 Å². The Hall–Kier alpha value is -4.14. The molecule has 0 atom stereocenters. The number of alkyl halides is 2. The van der Waals surface area contributed by atoms with Crippen LogP contribution in [0.5, 0.6) is 11.5 Å². The number of nitrogens with one attached hydrogen (secondary N) is 3. The third-order valence-electron chi connectivity index (χ3n) is 4.66. The first-order valence-corrected chi connectivity index (χ1v) is 10.5. The van der Waals surface area contributed by atoms with Gasteiger partial charge in [-0.2, -0.15) is 8.78 Å². The minimum Gasteiger partial charge on any atom is -0.497 e. The molecule has 0 aliphatic heterocycles. The van der Waals surface area contributed by atoms with Crippen molar-refractivity contribution < 1.29 is 27.8 Å². The molecule has 3 aromatic rings. The van der Waals surface area contributed by atoms with Crippen LogP contribution in [0.15, 0.2) is 66.7 Å². The summed E-state index contributed by atoms with van der Waals surface area (Å²) in [5, 5.41) is 8.12. The predicted molar refractivity (Wildman–Crippen MR) is 127 cm³/mol. The lowest BCUT2D eigenvalue weighted by Gasteiger charge is -2.14. The molecule has 0 heterocycles. The van der Waals surface area contributed by atoms with Gasteiger partial charge < -0.3 is 25.4 Å². The van der Waals surface area contributed by atoms with E-state index in [-0.39, 0.29) is 17.8 Å². The van der Waals surface area contributed by atoms with Crippen molar-refractivity contribution in [3.63, 3.8) is 0 Å². The van der Waals surface area contributed by atoms with Crippen molar-refractivity contribution in [1.82, 2.24) is 5.32 Å². The summed E-state index contributed by atoms with van der Waals surface area (Å²) >= 11 is 0. The van der Waals surface area contributed by atoms with Crippen LogP contribution in [0.2, 0.25) is 0 Å². The van der Waals surface area contributed by atoms with Gasteiger partial charge in [0.1, 0.15) is 11.5 Å². The summed E-state index contributed by atoms with van der Waals surface area (Å²) in [4.78, 5) is 24.7. The van der Waals surface area contributed by atoms with E-state index in [0.717, 1.165) is 0 Å². The number of ether oxygens (including phenoxy) is 2. The molecule has 0 aliphatic rings. The topological polar surface area (TPSA) is 88.7 Å². The minimum absolute atomic E-state index is 0.0273. The second-order valence-corrected chi connectivity index (χ2v) is 7.61. The zero-order valence-corrected chi connectivity index (χ0v) is 18.9. The molecule has 3 N–H and O–H groups in total. The van der Waals surface area contributed by atoms with Gasteiger partial charge in [-0.15, -0.1) is 0 Å². The molecule has 0 fully saturated rings. The van der Waals surface area contributed by atoms with Crippen LogP contribution in [0, 0.1) is 0 Å². The van der Waals surface area contributed by atoms with Gasteiger partial charge in [0, 0.05) is 28.5 Å². The molecule has 0 aliphatic carbocycles. The third-order valence-corrected chi connectivity index (χ3v) is 4.66. The summed E-state index contributed by atoms with van der Waals surface area (Å²) in [5.41, 5.74) is 2.12. The molecule has 9 heteroatoms. The van der Waals surface area contributed by atoms with E-state index in [4.69, 9.17) is 4.74 Å². The Morgan fingerprint density at radius 2 is 1.59 bits per heavy atom. The Morgan fingerprint density at radius 1 is 0.882 bits per heavy atom. The van der Waals surface area contributed by atoms with Crippen LogP contribution < -0.4 is 25.4 Å².